The van der Waals surface area contributed by atoms with Gasteiger partial charge in [0.05, 0.1) is 20.8 Å². The molecule has 7 nitrogen and oxygen atoms in total. The highest BCUT2D eigenvalue weighted by atomic mass is 16.5. The summed E-state index contributed by atoms with van der Waals surface area (Å²) in [6.07, 6.45) is 3.43. The predicted octanol–water partition coefficient (Wildman–Crippen LogP) is 4.62. The summed E-state index contributed by atoms with van der Waals surface area (Å²) >= 11 is 0. The quantitative estimate of drug-likeness (QED) is 0.420. The Bertz CT molecular complexity index is 1060. The Morgan fingerprint density at radius 1 is 1.00 bits per heavy atom. The SMILES string of the molecule is COc1cc(OC)cc(C(=O)NC(=NCc2ccncc2)Nc2cccc(C(C)C)c2)c1. The van der Waals surface area contributed by atoms with Gasteiger partial charge < -0.3 is 14.8 Å². The van der Waals surface area contributed by atoms with Crippen molar-refractivity contribution < 1.29 is 14.3 Å². The number of aromatic nitrogens is 1. The van der Waals surface area contributed by atoms with Gasteiger partial charge in [-0.05, 0) is 53.4 Å². The normalized spacial score (nSPS) is 11.2. The van der Waals surface area contributed by atoms with E-state index in [-0.39, 0.29) is 5.91 Å². The first kappa shape index (κ1) is 22.8. The molecule has 0 radical (unpaired) electrons. The lowest BCUT2D eigenvalue weighted by molar-refractivity contribution is 0.0976. The first-order chi connectivity index (χ1) is 15.5. The number of methoxy groups -OCH3 is 2. The van der Waals surface area contributed by atoms with Gasteiger partial charge in [-0.3, -0.25) is 15.1 Å². The summed E-state index contributed by atoms with van der Waals surface area (Å²) in [7, 11) is 3.09. The maximum absolute atomic E-state index is 13.0. The molecule has 0 saturated heterocycles. The van der Waals surface area contributed by atoms with Gasteiger partial charge in [-0.25, -0.2) is 4.99 Å². The van der Waals surface area contributed by atoms with Gasteiger partial charge in [-0.15, -0.1) is 0 Å². The van der Waals surface area contributed by atoms with Crippen LogP contribution in [0, 0.1) is 0 Å². The first-order valence-electron chi connectivity index (χ1n) is 10.3. The number of guanidine groups is 1. The van der Waals surface area contributed by atoms with Crippen LogP contribution < -0.4 is 20.1 Å². The molecule has 1 aromatic heterocycles. The van der Waals surface area contributed by atoms with Gasteiger partial charge >= 0.3 is 0 Å². The Balaban J connectivity index is 1.86. The number of nitrogens with zero attached hydrogens (tertiary/aromatic N) is 2. The number of benzene rings is 2. The number of anilines is 1. The summed E-state index contributed by atoms with van der Waals surface area (Å²) in [5, 5.41) is 6.12. The Labute approximate surface area is 188 Å². The van der Waals surface area contributed by atoms with Gasteiger partial charge in [0.15, 0.2) is 0 Å². The minimum atomic E-state index is -0.330. The molecule has 0 aliphatic carbocycles. The molecule has 2 aromatic carbocycles. The molecule has 0 aliphatic heterocycles. The Morgan fingerprint density at radius 2 is 1.69 bits per heavy atom. The molecule has 7 heteroatoms. The van der Waals surface area contributed by atoms with E-state index in [4.69, 9.17) is 9.47 Å². The van der Waals surface area contributed by atoms with Crippen LogP contribution in [0.4, 0.5) is 5.69 Å². The zero-order chi connectivity index (χ0) is 22.9. The topological polar surface area (TPSA) is 84.8 Å². The number of carbonyl (C=O) groups excluding carboxylic acids is 1. The number of rotatable bonds is 7. The van der Waals surface area contributed by atoms with E-state index in [1.54, 1.807) is 44.8 Å². The van der Waals surface area contributed by atoms with Crippen molar-refractivity contribution in [3.63, 3.8) is 0 Å². The molecule has 1 amide bonds. The number of hydrogen-bond acceptors (Lipinski definition) is 5. The summed E-state index contributed by atoms with van der Waals surface area (Å²) in [6.45, 7) is 4.65. The van der Waals surface area contributed by atoms with Crippen molar-refractivity contribution in [2.75, 3.05) is 19.5 Å². The van der Waals surface area contributed by atoms with Crippen molar-refractivity contribution in [2.24, 2.45) is 4.99 Å². The molecule has 0 bridgehead atoms. The van der Waals surface area contributed by atoms with E-state index in [0.29, 0.717) is 35.5 Å². The molecule has 3 rings (SSSR count). The standard InChI is InChI=1S/C25H28N4O3/c1-17(2)19-6-5-7-21(12-19)28-25(27-16-18-8-10-26-11-9-18)29-24(30)20-13-22(31-3)15-23(14-20)32-4/h5-15,17H,16H2,1-4H3,(H2,27,28,29,30). The summed E-state index contributed by atoms with van der Waals surface area (Å²) in [6, 6.07) is 16.8. The fraction of sp³-hybridized carbons (Fsp3) is 0.240. The second kappa shape index (κ2) is 10.9. The van der Waals surface area contributed by atoms with Gasteiger partial charge in [-0.1, -0.05) is 26.0 Å². The van der Waals surface area contributed by atoms with Crippen molar-refractivity contribution in [3.8, 4) is 11.5 Å². The van der Waals surface area contributed by atoms with Gasteiger partial charge in [0, 0.05) is 29.7 Å². The monoisotopic (exact) mass is 432 g/mol. The molecule has 2 N–H and O–H groups in total. The number of pyridine rings is 1. The Kier molecular flexibility index (Phi) is 7.80. The fourth-order valence-electron chi connectivity index (χ4n) is 3.00. The number of hydrogen-bond donors (Lipinski definition) is 2. The van der Waals surface area contributed by atoms with Crippen molar-refractivity contribution in [3.05, 3.63) is 83.7 Å². The fourth-order valence-corrected chi connectivity index (χ4v) is 3.00. The van der Waals surface area contributed by atoms with Gasteiger partial charge in [-0.2, -0.15) is 0 Å². The molecule has 0 aliphatic rings. The lowest BCUT2D eigenvalue weighted by Gasteiger charge is -2.14. The van der Waals surface area contributed by atoms with Crippen molar-refractivity contribution in [1.82, 2.24) is 10.3 Å². The molecule has 32 heavy (non-hydrogen) atoms. The third-order valence-corrected chi connectivity index (χ3v) is 4.83. The average Bonchev–Trinajstić information content (AvgIpc) is 2.82. The van der Waals surface area contributed by atoms with E-state index in [1.165, 1.54) is 5.56 Å². The third-order valence-electron chi connectivity index (χ3n) is 4.83. The highest BCUT2D eigenvalue weighted by molar-refractivity contribution is 6.10. The minimum Gasteiger partial charge on any atom is -0.497 e. The van der Waals surface area contributed by atoms with E-state index in [9.17, 15) is 4.79 Å². The summed E-state index contributed by atoms with van der Waals surface area (Å²) in [5.74, 6) is 1.45. The molecule has 1 heterocycles. The van der Waals surface area contributed by atoms with Gasteiger partial charge in [0.25, 0.3) is 5.91 Å². The maximum atomic E-state index is 13.0. The predicted molar refractivity (Wildman–Crippen MR) is 127 cm³/mol. The second-order valence-electron chi connectivity index (χ2n) is 7.48. The van der Waals surface area contributed by atoms with Crippen LogP contribution >= 0.6 is 0 Å². The molecule has 0 fully saturated rings. The van der Waals surface area contributed by atoms with Crippen LogP contribution in [0.15, 0.2) is 72.0 Å². The molecule has 0 spiro atoms. The molecule has 0 unspecified atom stereocenters. The van der Waals surface area contributed by atoms with Gasteiger partial charge in [0.1, 0.15) is 11.5 Å². The number of ether oxygens (including phenoxy) is 2. The Hall–Kier alpha value is -3.87. The molecule has 0 saturated carbocycles. The molecule has 166 valence electrons. The molecular formula is C25H28N4O3. The average molecular weight is 433 g/mol. The molecule has 0 atom stereocenters. The number of amides is 1. The Morgan fingerprint density at radius 3 is 2.31 bits per heavy atom. The number of aliphatic imine (C=N–C) groups is 1. The number of nitrogens with one attached hydrogen (secondary N) is 2. The largest absolute Gasteiger partial charge is 0.497 e. The van der Waals surface area contributed by atoms with Crippen LogP contribution in [-0.4, -0.2) is 31.1 Å². The zero-order valence-electron chi connectivity index (χ0n) is 18.8. The van der Waals surface area contributed by atoms with Crippen molar-refractivity contribution >= 4 is 17.6 Å². The third kappa shape index (κ3) is 6.31. The van der Waals surface area contributed by atoms with Crippen LogP contribution in [0.5, 0.6) is 11.5 Å². The zero-order valence-corrected chi connectivity index (χ0v) is 18.8. The summed E-state index contributed by atoms with van der Waals surface area (Å²) in [4.78, 5) is 21.6. The lowest BCUT2D eigenvalue weighted by atomic mass is 10.0. The summed E-state index contributed by atoms with van der Waals surface area (Å²) in [5.41, 5.74) is 3.41. The first-order valence-corrected chi connectivity index (χ1v) is 10.3. The van der Waals surface area contributed by atoms with E-state index in [0.717, 1.165) is 11.3 Å². The van der Waals surface area contributed by atoms with Crippen molar-refractivity contribution in [2.45, 2.75) is 26.3 Å². The highest BCUT2D eigenvalue weighted by Crippen LogP contribution is 2.23. The molecule has 3 aromatic rings. The minimum absolute atomic E-state index is 0.330. The van der Waals surface area contributed by atoms with Crippen LogP contribution in [0.1, 0.15) is 41.3 Å². The number of carbonyl (C=O) groups is 1. The summed E-state index contributed by atoms with van der Waals surface area (Å²) < 4.78 is 10.6. The van der Waals surface area contributed by atoms with E-state index < -0.39 is 0 Å². The smallest absolute Gasteiger partial charge is 0.258 e. The van der Waals surface area contributed by atoms with E-state index >= 15 is 0 Å². The van der Waals surface area contributed by atoms with Crippen LogP contribution in [0.2, 0.25) is 0 Å². The molecular weight excluding hydrogens is 404 g/mol. The van der Waals surface area contributed by atoms with Crippen molar-refractivity contribution in [1.29, 1.82) is 0 Å². The highest BCUT2D eigenvalue weighted by Gasteiger charge is 2.13. The van der Waals surface area contributed by atoms with Crippen LogP contribution in [0.3, 0.4) is 0 Å². The second-order valence-corrected chi connectivity index (χ2v) is 7.48. The lowest BCUT2D eigenvalue weighted by Crippen LogP contribution is -2.36. The van der Waals surface area contributed by atoms with E-state index in [2.05, 4.69) is 40.5 Å². The van der Waals surface area contributed by atoms with Crippen LogP contribution in [0.25, 0.3) is 0 Å². The van der Waals surface area contributed by atoms with Crippen LogP contribution in [-0.2, 0) is 6.54 Å². The van der Waals surface area contributed by atoms with Gasteiger partial charge in [0.2, 0.25) is 5.96 Å². The maximum Gasteiger partial charge on any atom is 0.258 e. The van der Waals surface area contributed by atoms with E-state index in [1.807, 2.05) is 30.3 Å².